The lowest BCUT2D eigenvalue weighted by Crippen LogP contribution is -2.33. The third-order valence-corrected chi connectivity index (χ3v) is 4.82. The summed E-state index contributed by atoms with van der Waals surface area (Å²) in [6.45, 7) is 0.253. The molecule has 2 N–H and O–H groups in total. The zero-order valence-corrected chi connectivity index (χ0v) is 15.4. The van der Waals surface area contributed by atoms with Gasteiger partial charge in [-0.25, -0.2) is 0 Å². The summed E-state index contributed by atoms with van der Waals surface area (Å²) in [6, 6.07) is 19.0. The number of para-hydroxylation sites is 2. The summed E-state index contributed by atoms with van der Waals surface area (Å²) in [4.78, 5) is 12.8. The number of carbonyl (C=O) groups is 1. The zero-order chi connectivity index (χ0) is 19.6. The van der Waals surface area contributed by atoms with Gasteiger partial charge >= 0.3 is 0 Å². The van der Waals surface area contributed by atoms with Gasteiger partial charge in [0, 0.05) is 12.1 Å². The van der Waals surface area contributed by atoms with Crippen LogP contribution < -0.4 is 10.1 Å². The van der Waals surface area contributed by atoms with Crippen molar-refractivity contribution in [1.82, 2.24) is 30.3 Å². The van der Waals surface area contributed by atoms with Gasteiger partial charge in [0.05, 0.1) is 5.69 Å². The molecule has 0 bridgehead atoms. The molecule has 0 fully saturated rings. The number of benzene rings is 2. The largest absolute Gasteiger partial charge is 0.489 e. The summed E-state index contributed by atoms with van der Waals surface area (Å²) in [5.74, 6) is 1.04. The van der Waals surface area contributed by atoms with Crippen LogP contribution in [0.3, 0.4) is 0 Å². The monoisotopic (exact) mass is 386 g/mol. The normalized spacial score (nSPS) is 15.0. The number of fused-ring (bicyclic) bond motifs is 3. The first kappa shape index (κ1) is 17.2. The van der Waals surface area contributed by atoms with E-state index in [2.05, 4.69) is 25.7 Å². The van der Waals surface area contributed by atoms with Crippen LogP contribution in [0.25, 0.3) is 5.69 Å². The summed E-state index contributed by atoms with van der Waals surface area (Å²) < 4.78 is 7.72. The third kappa shape index (κ3) is 3.36. The Hall–Kier alpha value is -3.94. The van der Waals surface area contributed by atoms with E-state index in [1.807, 2.05) is 59.2 Å². The van der Waals surface area contributed by atoms with Crippen LogP contribution in [-0.2, 0) is 6.42 Å². The Morgan fingerprint density at radius 2 is 2.00 bits per heavy atom. The second kappa shape index (κ2) is 7.23. The van der Waals surface area contributed by atoms with Crippen LogP contribution in [-0.4, -0.2) is 37.5 Å². The standard InChI is InChI=1S/C21H18N6O2/c28-21(16-11-15(24-25-16)10-14-6-2-1-3-7-14)23-17-12-29-19-9-5-4-8-18(19)27-13-22-26-20(17)27/h1-9,11,13,17H,10,12H2,(H,23,28)(H,24,25)/t17-/m0/s1. The van der Waals surface area contributed by atoms with Gasteiger partial charge < -0.3 is 10.1 Å². The molecular weight excluding hydrogens is 368 g/mol. The molecule has 0 unspecified atom stereocenters. The van der Waals surface area contributed by atoms with Crippen molar-refractivity contribution in [3.05, 3.63) is 89.8 Å². The second-order valence-electron chi connectivity index (χ2n) is 6.80. The van der Waals surface area contributed by atoms with Crippen molar-refractivity contribution >= 4 is 5.91 Å². The maximum absolute atomic E-state index is 12.8. The van der Waals surface area contributed by atoms with Gasteiger partial charge in [-0.05, 0) is 23.8 Å². The molecule has 1 aliphatic rings. The SMILES string of the molecule is O=C(N[C@H]1COc2ccccc2-n2cnnc21)c1cc(Cc2ccccc2)[nH]n1. The Morgan fingerprint density at radius 3 is 2.90 bits per heavy atom. The van der Waals surface area contributed by atoms with Gasteiger partial charge in [-0.3, -0.25) is 14.5 Å². The lowest BCUT2D eigenvalue weighted by atomic mass is 10.1. The van der Waals surface area contributed by atoms with Crippen molar-refractivity contribution in [2.45, 2.75) is 12.5 Å². The molecule has 1 amide bonds. The quantitative estimate of drug-likeness (QED) is 0.561. The van der Waals surface area contributed by atoms with Gasteiger partial charge in [0.25, 0.3) is 5.91 Å². The molecule has 4 aromatic rings. The van der Waals surface area contributed by atoms with Gasteiger partial charge in [0.1, 0.15) is 30.4 Å². The van der Waals surface area contributed by atoms with E-state index in [1.54, 1.807) is 12.4 Å². The average Bonchev–Trinajstić information content (AvgIpc) is 3.39. The van der Waals surface area contributed by atoms with Gasteiger partial charge in [0.2, 0.25) is 0 Å². The minimum absolute atomic E-state index is 0.253. The summed E-state index contributed by atoms with van der Waals surface area (Å²) in [7, 11) is 0. The number of ether oxygens (including phenoxy) is 1. The van der Waals surface area contributed by atoms with Crippen LogP contribution in [0.15, 0.2) is 67.0 Å². The summed E-state index contributed by atoms with van der Waals surface area (Å²) >= 11 is 0. The van der Waals surface area contributed by atoms with Crippen molar-refractivity contribution in [1.29, 1.82) is 0 Å². The zero-order valence-electron chi connectivity index (χ0n) is 15.4. The van der Waals surface area contributed by atoms with E-state index in [9.17, 15) is 4.79 Å². The highest BCUT2D eigenvalue weighted by atomic mass is 16.5. The molecule has 2 aromatic carbocycles. The fourth-order valence-electron chi connectivity index (χ4n) is 3.42. The Bertz CT molecular complexity index is 1150. The topological polar surface area (TPSA) is 97.7 Å². The minimum Gasteiger partial charge on any atom is -0.489 e. The number of nitrogens with one attached hydrogen (secondary N) is 2. The average molecular weight is 386 g/mol. The van der Waals surface area contributed by atoms with Crippen LogP contribution >= 0.6 is 0 Å². The van der Waals surface area contributed by atoms with Crippen LogP contribution in [0.2, 0.25) is 0 Å². The number of aromatic nitrogens is 5. The van der Waals surface area contributed by atoms with E-state index >= 15 is 0 Å². The van der Waals surface area contributed by atoms with E-state index in [4.69, 9.17) is 4.74 Å². The molecule has 2 aromatic heterocycles. The summed E-state index contributed by atoms with van der Waals surface area (Å²) in [5.41, 5.74) is 3.18. The van der Waals surface area contributed by atoms with E-state index in [0.29, 0.717) is 17.9 Å². The Morgan fingerprint density at radius 1 is 1.17 bits per heavy atom. The Kier molecular flexibility index (Phi) is 4.28. The third-order valence-electron chi connectivity index (χ3n) is 4.82. The fourth-order valence-corrected chi connectivity index (χ4v) is 3.42. The highest BCUT2D eigenvalue weighted by Gasteiger charge is 2.27. The number of amides is 1. The fraction of sp³-hybridized carbons (Fsp3) is 0.143. The number of hydrogen-bond donors (Lipinski definition) is 2. The summed E-state index contributed by atoms with van der Waals surface area (Å²) in [5, 5.41) is 18.3. The predicted octanol–water partition coefficient (Wildman–Crippen LogP) is 2.44. The molecule has 0 aliphatic carbocycles. The molecule has 8 nitrogen and oxygen atoms in total. The molecule has 0 saturated carbocycles. The van der Waals surface area contributed by atoms with E-state index in [1.165, 1.54) is 0 Å². The van der Waals surface area contributed by atoms with Gasteiger partial charge in [-0.15, -0.1) is 10.2 Å². The van der Waals surface area contributed by atoms with Gasteiger partial charge in [-0.1, -0.05) is 42.5 Å². The maximum atomic E-state index is 12.8. The molecule has 8 heteroatoms. The number of rotatable bonds is 4. The Balaban J connectivity index is 1.34. The first-order chi connectivity index (χ1) is 14.3. The number of carbonyl (C=O) groups excluding carboxylic acids is 1. The number of hydrogen-bond acceptors (Lipinski definition) is 5. The highest BCUT2D eigenvalue weighted by Crippen LogP contribution is 2.29. The van der Waals surface area contributed by atoms with Crippen molar-refractivity contribution < 1.29 is 9.53 Å². The second-order valence-corrected chi connectivity index (χ2v) is 6.80. The predicted molar refractivity (Wildman–Crippen MR) is 105 cm³/mol. The first-order valence-corrected chi connectivity index (χ1v) is 9.29. The molecule has 144 valence electrons. The molecule has 5 rings (SSSR count). The molecule has 3 heterocycles. The lowest BCUT2D eigenvalue weighted by Gasteiger charge is -2.14. The first-order valence-electron chi connectivity index (χ1n) is 9.29. The van der Waals surface area contributed by atoms with Crippen molar-refractivity contribution in [3.63, 3.8) is 0 Å². The van der Waals surface area contributed by atoms with Gasteiger partial charge in [-0.2, -0.15) is 5.10 Å². The number of aromatic amines is 1. The van der Waals surface area contributed by atoms with E-state index in [0.717, 1.165) is 22.7 Å². The number of nitrogens with zero attached hydrogens (tertiary/aromatic N) is 4. The summed E-state index contributed by atoms with van der Waals surface area (Å²) in [6.07, 6.45) is 2.30. The highest BCUT2D eigenvalue weighted by molar-refractivity contribution is 5.92. The molecular formula is C21H18N6O2. The van der Waals surface area contributed by atoms with Crippen molar-refractivity contribution in [2.75, 3.05) is 6.61 Å². The van der Waals surface area contributed by atoms with Crippen LogP contribution in [0.4, 0.5) is 0 Å². The van der Waals surface area contributed by atoms with Crippen LogP contribution in [0.5, 0.6) is 5.75 Å². The molecule has 0 saturated heterocycles. The molecule has 29 heavy (non-hydrogen) atoms. The lowest BCUT2D eigenvalue weighted by molar-refractivity contribution is 0.0914. The molecule has 0 radical (unpaired) electrons. The maximum Gasteiger partial charge on any atom is 0.272 e. The molecule has 1 atom stereocenters. The smallest absolute Gasteiger partial charge is 0.272 e. The van der Waals surface area contributed by atoms with Crippen LogP contribution in [0, 0.1) is 0 Å². The molecule has 0 spiro atoms. The van der Waals surface area contributed by atoms with Crippen molar-refractivity contribution in [3.8, 4) is 11.4 Å². The van der Waals surface area contributed by atoms with Crippen LogP contribution in [0.1, 0.15) is 33.6 Å². The van der Waals surface area contributed by atoms with Crippen molar-refractivity contribution in [2.24, 2.45) is 0 Å². The molecule has 1 aliphatic heterocycles. The van der Waals surface area contributed by atoms with Gasteiger partial charge in [0.15, 0.2) is 5.82 Å². The van der Waals surface area contributed by atoms with E-state index < -0.39 is 6.04 Å². The minimum atomic E-state index is -0.452. The Labute approximate surface area is 166 Å². The number of H-pyrrole nitrogens is 1. The van der Waals surface area contributed by atoms with E-state index in [-0.39, 0.29) is 12.5 Å².